The van der Waals surface area contributed by atoms with Gasteiger partial charge in [0.15, 0.2) is 0 Å². The fourth-order valence-corrected chi connectivity index (χ4v) is 3.62. The fraction of sp³-hybridized carbons (Fsp3) is 0.235. The number of rotatable bonds is 3. The van der Waals surface area contributed by atoms with Gasteiger partial charge in [0.05, 0.1) is 10.2 Å². The van der Waals surface area contributed by atoms with E-state index in [4.69, 9.17) is 0 Å². The van der Waals surface area contributed by atoms with Crippen molar-refractivity contribution in [1.82, 2.24) is 4.57 Å². The molecule has 0 radical (unpaired) electrons. The number of hydrogen-bond donors (Lipinski definition) is 0. The van der Waals surface area contributed by atoms with Crippen LogP contribution in [0.3, 0.4) is 0 Å². The maximum absolute atomic E-state index is 13.9. The van der Waals surface area contributed by atoms with Gasteiger partial charge in [0, 0.05) is 12.1 Å². The van der Waals surface area contributed by atoms with Crippen LogP contribution in [0.1, 0.15) is 12.8 Å². The largest absolute Gasteiger partial charge is 0.308 e. The number of thiazole rings is 1. The molecule has 1 saturated carbocycles. The molecule has 1 aromatic heterocycles. The third-order valence-electron chi connectivity index (χ3n) is 4.05. The van der Waals surface area contributed by atoms with Crippen LogP contribution < -0.4 is 4.87 Å². The van der Waals surface area contributed by atoms with E-state index in [1.165, 1.54) is 18.9 Å². The van der Waals surface area contributed by atoms with E-state index in [1.807, 2.05) is 6.07 Å². The molecule has 0 unspecified atom stereocenters. The Labute approximate surface area is 129 Å². The molecule has 0 aliphatic heterocycles. The van der Waals surface area contributed by atoms with Gasteiger partial charge < -0.3 is 0 Å². The summed E-state index contributed by atoms with van der Waals surface area (Å²) in [7, 11) is 0. The Kier molecular flexibility index (Phi) is 3.11. The van der Waals surface area contributed by atoms with Crippen LogP contribution >= 0.6 is 11.3 Å². The predicted molar refractivity (Wildman–Crippen MR) is 84.2 cm³/mol. The molecule has 0 amide bonds. The SMILES string of the molecule is O=c1sc2cc(-c3cc(F)ccc3F)ccc2n1CC1CC1. The highest BCUT2D eigenvalue weighted by molar-refractivity contribution is 7.16. The Morgan fingerprint density at radius 3 is 2.73 bits per heavy atom. The number of fused-ring (bicyclic) bond motifs is 1. The van der Waals surface area contributed by atoms with Crippen LogP contribution in [0.4, 0.5) is 8.78 Å². The van der Waals surface area contributed by atoms with Gasteiger partial charge in [-0.05, 0) is 54.7 Å². The van der Waals surface area contributed by atoms with Gasteiger partial charge in [-0.3, -0.25) is 9.36 Å². The number of halogens is 2. The van der Waals surface area contributed by atoms with Gasteiger partial charge in [0.25, 0.3) is 0 Å². The molecule has 0 atom stereocenters. The summed E-state index contributed by atoms with van der Waals surface area (Å²) < 4.78 is 29.8. The molecule has 4 rings (SSSR count). The van der Waals surface area contributed by atoms with Gasteiger partial charge in [-0.2, -0.15) is 0 Å². The molecule has 1 heterocycles. The fourth-order valence-electron chi connectivity index (χ4n) is 2.68. The van der Waals surface area contributed by atoms with Gasteiger partial charge in [0.2, 0.25) is 0 Å². The molecule has 2 nitrogen and oxygen atoms in total. The molecule has 3 aromatic rings. The van der Waals surface area contributed by atoms with Crippen molar-refractivity contribution >= 4 is 21.6 Å². The highest BCUT2D eigenvalue weighted by Crippen LogP contribution is 2.33. The monoisotopic (exact) mass is 317 g/mol. The lowest BCUT2D eigenvalue weighted by Crippen LogP contribution is -2.13. The molecular formula is C17H13F2NOS. The molecule has 0 N–H and O–H groups in total. The third-order valence-corrected chi connectivity index (χ3v) is 4.99. The molecule has 22 heavy (non-hydrogen) atoms. The second kappa shape index (κ2) is 5.02. The summed E-state index contributed by atoms with van der Waals surface area (Å²) in [5.74, 6) is -0.336. The minimum atomic E-state index is -0.476. The summed E-state index contributed by atoms with van der Waals surface area (Å²) >= 11 is 1.16. The van der Waals surface area contributed by atoms with E-state index in [1.54, 1.807) is 16.7 Å². The first-order chi connectivity index (χ1) is 10.6. The second-order valence-electron chi connectivity index (χ2n) is 5.73. The molecule has 1 aliphatic carbocycles. The van der Waals surface area contributed by atoms with Gasteiger partial charge in [-0.15, -0.1) is 0 Å². The average molecular weight is 317 g/mol. The van der Waals surface area contributed by atoms with Crippen molar-refractivity contribution in [3.63, 3.8) is 0 Å². The van der Waals surface area contributed by atoms with Gasteiger partial charge in [-0.25, -0.2) is 8.78 Å². The lowest BCUT2D eigenvalue weighted by molar-refractivity contribution is 0.603. The number of nitrogens with zero attached hydrogens (tertiary/aromatic N) is 1. The Morgan fingerprint density at radius 2 is 1.95 bits per heavy atom. The van der Waals surface area contributed by atoms with E-state index in [-0.39, 0.29) is 10.4 Å². The smallest absolute Gasteiger partial charge is 0.298 e. The zero-order valence-corrected chi connectivity index (χ0v) is 12.5. The third kappa shape index (κ3) is 2.35. The zero-order chi connectivity index (χ0) is 15.3. The quantitative estimate of drug-likeness (QED) is 0.701. The number of benzene rings is 2. The van der Waals surface area contributed by atoms with Crippen LogP contribution in [0, 0.1) is 17.6 Å². The molecule has 0 spiro atoms. The predicted octanol–water partition coefficient (Wildman–Crippen LogP) is 4.42. The first-order valence-electron chi connectivity index (χ1n) is 7.20. The number of aromatic nitrogens is 1. The second-order valence-corrected chi connectivity index (χ2v) is 6.72. The molecule has 0 saturated heterocycles. The van der Waals surface area contributed by atoms with E-state index in [0.29, 0.717) is 11.5 Å². The molecule has 2 aromatic carbocycles. The Bertz CT molecular complexity index is 924. The van der Waals surface area contributed by atoms with Crippen LogP contribution in [-0.4, -0.2) is 4.57 Å². The first-order valence-corrected chi connectivity index (χ1v) is 8.02. The zero-order valence-electron chi connectivity index (χ0n) is 11.7. The maximum atomic E-state index is 13.9. The summed E-state index contributed by atoms with van der Waals surface area (Å²) in [5, 5.41) is 0. The lowest BCUT2D eigenvalue weighted by atomic mass is 10.0. The standard InChI is InChI=1S/C17H13F2NOS/c18-12-4-5-14(19)13(8-12)11-3-6-15-16(7-11)22-17(21)20(15)9-10-1-2-10/h3-8,10H,1-2,9H2. The van der Waals surface area contributed by atoms with Crippen LogP contribution in [0.2, 0.25) is 0 Å². The van der Waals surface area contributed by atoms with Gasteiger partial charge >= 0.3 is 4.87 Å². The highest BCUT2D eigenvalue weighted by atomic mass is 32.1. The van der Waals surface area contributed by atoms with Crippen molar-refractivity contribution in [3.05, 3.63) is 57.7 Å². The van der Waals surface area contributed by atoms with Crippen LogP contribution in [0.15, 0.2) is 41.2 Å². The highest BCUT2D eigenvalue weighted by Gasteiger charge is 2.23. The Hall–Kier alpha value is -2.01. The van der Waals surface area contributed by atoms with E-state index < -0.39 is 11.6 Å². The Balaban J connectivity index is 1.84. The summed E-state index contributed by atoms with van der Waals surface area (Å²) in [5.41, 5.74) is 1.68. The first kappa shape index (κ1) is 13.6. The van der Waals surface area contributed by atoms with Crippen molar-refractivity contribution in [1.29, 1.82) is 0 Å². The Morgan fingerprint density at radius 1 is 1.14 bits per heavy atom. The van der Waals surface area contributed by atoms with E-state index >= 15 is 0 Å². The molecule has 112 valence electrons. The van der Waals surface area contributed by atoms with E-state index in [2.05, 4.69) is 0 Å². The molecular weight excluding hydrogens is 304 g/mol. The summed E-state index contributed by atoms with van der Waals surface area (Å²) in [4.78, 5) is 12.1. The summed E-state index contributed by atoms with van der Waals surface area (Å²) in [6.07, 6.45) is 2.35. The average Bonchev–Trinajstić information content (AvgIpc) is 3.26. The summed E-state index contributed by atoms with van der Waals surface area (Å²) in [6, 6.07) is 8.74. The van der Waals surface area contributed by atoms with Crippen LogP contribution in [0.5, 0.6) is 0 Å². The van der Waals surface area contributed by atoms with E-state index in [9.17, 15) is 13.6 Å². The minimum Gasteiger partial charge on any atom is -0.298 e. The lowest BCUT2D eigenvalue weighted by Gasteiger charge is -2.05. The maximum Gasteiger partial charge on any atom is 0.308 e. The molecule has 1 fully saturated rings. The van der Waals surface area contributed by atoms with Gasteiger partial charge in [0.1, 0.15) is 11.6 Å². The van der Waals surface area contributed by atoms with Crippen LogP contribution in [0.25, 0.3) is 21.3 Å². The van der Waals surface area contributed by atoms with Crippen molar-refractivity contribution < 1.29 is 8.78 Å². The summed E-state index contributed by atoms with van der Waals surface area (Å²) in [6.45, 7) is 0.756. The number of hydrogen-bond acceptors (Lipinski definition) is 2. The molecule has 1 aliphatic rings. The molecule has 5 heteroatoms. The topological polar surface area (TPSA) is 22.0 Å². The van der Waals surface area contributed by atoms with Crippen molar-refractivity contribution in [2.75, 3.05) is 0 Å². The minimum absolute atomic E-state index is 0.0127. The van der Waals surface area contributed by atoms with Gasteiger partial charge in [-0.1, -0.05) is 17.4 Å². The van der Waals surface area contributed by atoms with Crippen molar-refractivity contribution in [2.45, 2.75) is 19.4 Å². The van der Waals surface area contributed by atoms with Crippen molar-refractivity contribution in [2.24, 2.45) is 5.92 Å². The normalized spacial score (nSPS) is 14.6. The van der Waals surface area contributed by atoms with E-state index in [0.717, 1.165) is 40.2 Å². The van der Waals surface area contributed by atoms with Crippen molar-refractivity contribution in [3.8, 4) is 11.1 Å². The molecule has 0 bridgehead atoms. The van der Waals surface area contributed by atoms with Crippen LogP contribution in [-0.2, 0) is 6.54 Å².